The molecule has 0 N–H and O–H groups in total. The van der Waals surface area contributed by atoms with Crippen LogP contribution in [0.1, 0.15) is 5.56 Å². The minimum Gasteiger partial charge on any atom is -0.311 e. The summed E-state index contributed by atoms with van der Waals surface area (Å²) in [6.45, 7) is 2.13. The molecule has 2 heterocycles. The first-order valence-corrected chi connectivity index (χ1v) is 16.3. The summed E-state index contributed by atoms with van der Waals surface area (Å²) < 4.78 is 4.62. The Morgan fingerprint density at radius 3 is 1.67 bits per heavy atom. The van der Waals surface area contributed by atoms with Crippen LogP contribution in [0.15, 0.2) is 176 Å². The predicted molar refractivity (Wildman–Crippen MR) is 200 cm³/mol. The first-order chi connectivity index (χ1) is 23.7. The summed E-state index contributed by atoms with van der Waals surface area (Å²) in [6, 6.07) is 62.4. The van der Waals surface area contributed by atoms with Crippen LogP contribution >= 0.6 is 0 Å². The van der Waals surface area contributed by atoms with Gasteiger partial charge < -0.3 is 9.47 Å². The van der Waals surface area contributed by atoms with Crippen LogP contribution in [0.5, 0.6) is 0 Å². The Balaban J connectivity index is 1.13. The Bertz CT molecular complexity index is 2500. The van der Waals surface area contributed by atoms with Crippen molar-refractivity contribution in [2.24, 2.45) is 0 Å². The smallest absolute Gasteiger partial charge is 0.145 e. The summed E-state index contributed by atoms with van der Waals surface area (Å²) in [6.07, 6.45) is 0. The Morgan fingerprint density at radius 2 is 1.00 bits per heavy atom. The molecule has 0 saturated heterocycles. The number of imidazole rings is 1. The van der Waals surface area contributed by atoms with Gasteiger partial charge in [-0.3, -0.25) is 4.57 Å². The van der Waals surface area contributed by atoms with Crippen molar-refractivity contribution in [3.63, 3.8) is 0 Å². The van der Waals surface area contributed by atoms with Crippen molar-refractivity contribution in [1.82, 2.24) is 14.1 Å². The van der Waals surface area contributed by atoms with E-state index in [0.29, 0.717) is 0 Å². The summed E-state index contributed by atoms with van der Waals surface area (Å²) >= 11 is 0. The van der Waals surface area contributed by atoms with Gasteiger partial charge in [0.15, 0.2) is 0 Å². The average Bonchev–Trinajstić information content (AvgIpc) is 3.70. The molecule has 0 aliphatic carbocycles. The number of para-hydroxylation sites is 5. The first kappa shape index (κ1) is 27.9. The summed E-state index contributed by atoms with van der Waals surface area (Å²) in [4.78, 5) is 7.41. The minimum absolute atomic E-state index is 0.926. The Labute approximate surface area is 279 Å². The van der Waals surface area contributed by atoms with Crippen LogP contribution in [0, 0.1) is 6.92 Å². The lowest BCUT2D eigenvalue weighted by atomic mass is 10.1. The number of hydrogen-bond acceptors (Lipinski definition) is 2. The SMILES string of the molecule is Cc1cccc(-n2c(-c3ccc(N(c4ccccc4)c4ccc(-n5c6ccccc6c6ccccc65)cc4)cc3)nc3ccccc32)c1. The van der Waals surface area contributed by atoms with E-state index in [2.05, 4.69) is 191 Å². The molecule has 48 heavy (non-hydrogen) atoms. The zero-order chi connectivity index (χ0) is 32.0. The van der Waals surface area contributed by atoms with Crippen molar-refractivity contribution in [3.8, 4) is 22.8 Å². The van der Waals surface area contributed by atoms with Crippen LogP contribution in [0.4, 0.5) is 17.1 Å². The Hall–Kier alpha value is -6.39. The maximum atomic E-state index is 5.10. The molecule has 228 valence electrons. The molecule has 0 fully saturated rings. The molecule has 7 aromatic carbocycles. The van der Waals surface area contributed by atoms with Crippen LogP contribution in [-0.2, 0) is 0 Å². The summed E-state index contributed by atoms with van der Waals surface area (Å²) in [5.74, 6) is 0.926. The van der Waals surface area contributed by atoms with Gasteiger partial charge in [0.2, 0.25) is 0 Å². The normalized spacial score (nSPS) is 11.4. The molecule has 0 aliphatic heterocycles. The van der Waals surface area contributed by atoms with Gasteiger partial charge in [0, 0.05) is 44.8 Å². The fourth-order valence-electron chi connectivity index (χ4n) is 6.98. The summed E-state index contributed by atoms with van der Waals surface area (Å²) in [7, 11) is 0. The second-order valence-electron chi connectivity index (χ2n) is 12.2. The monoisotopic (exact) mass is 616 g/mol. The molecule has 0 saturated carbocycles. The van der Waals surface area contributed by atoms with Gasteiger partial charge >= 0.3 is 0 Å². The van der Waals surface area contributed by atoms with E-state index in [1.54, 1.807) is 0 Å². The van der Waals surface area contributed by atoms with Gasteiger partial charge in [0.05, 0.1) is 22.1 Å². The fraction of sp³-hybridized carbons (Fsp3) is 0.0227. The van der Waals surface area contributed by atoms with Crippen LogP contribution in [0.2, 0.25) is 0 Å². The third-order valence-electron chi connectivity index (χ3n) is 9.16. The topological polar surface area (TPSA) is 26.0 Å². The van der Waals surface area contributed by atoms with Gasteiger partial charge in [-0.2, -0.15) is 0 Å². The maximum absolute atomic E-state index is 5.10. The molecular weight excluding hydrogens is 585 g/mol. The van der Waals surface area contributed by atoms with Crippen molar-refractivity contribution in [1.29, 1.82) is 0 Å². The molecule has 4 nitrogen and oxygen atoms in total. The number of anilines is 3. The van der Waals surface area contributed by atoms with Gasteiger partial charge in [-0.1, -0.05) is 78.9 Å². The molecule has 0 bridgehead atoms. The van der Waals surface area contributed by atoms with Crippen molar-refractivity contribution in [2.45, 2.75) is 6.92 Å². The van der Waals surface area contributed by atoms with Crippen molar-refractivity contribution in [3.05, 3.63) is 181 Å². The van der Waals surface area contributed by atoms with E-state index in [9.17, 15) is 0 Å². The minimum atomic E-state index is 0.926. The number of aromatic nitrogens is 3. The second-order valence-corrected chi connectivity index (χ2v) is 12.2. The fourth-order valence-corrected chi connectivity index (χ4v) is 6.98. The third kappa shape index (κ3) is 4.66. The van der Waals surface area contributed by atoms with Crippen LogP contribution in [0.3, 0.4) is 0 Å². The highest BCUT2D eigenvalue weighted by Crippen LogP contribution is 2.38. The molecule has 0 aliphatic rings. The summed E-state index contributed by atoms with van der Waals surface area (Å²) in [5.41, 5.74) is 12.3. The highest BCUT2D eigenvalue weighted by atomic mass is 15.1. The second kappa shape index (κ2) is 11.4. The number of hydrogen-bond donors (Lipinski definition) is 0. The maximum Gasteiger partial charge on any atom is 0.145 e. The zero-order valence-corrected chi connectivity index (χ0v) is 26.5. The molecule has 0 atom stereocenters. The highest BCUT2D eigenvalue weighted by Gasteiger charge is 2.18. The van der Waals surface area contributed by atoms with Gasteiger partial charge in [0.25, 0.3) is 0 Å². The van der Waals surface area contributed by atoms with E-state index >= 15 is 0 Å². The van der Waals surface area contributed by atoms with Crippen molar-refractivity contribution in [2.75, 3.05) is 4.90 Å². The quantitative estimate of drug-likeness (QED) is 0.186. The Morgan fingerprint density at radius 1 is 0.438 bits per heavy atom. The third-order valence-corrected chi connectivity index (χ3v) is 9.16. The van der Waals surface area contributed by atoms with E-state index < -0.39 is 0 Å². The van der Waals surface area contributed by atoms with Crippen LogP contribution in [0.25, 0.3) is 55.6 Å². The predicted octanol–water partition coefficient (Wildman–Crippen LogP) is 11.6. The molecule has 0 unspecified atom stereocenters. The van der Waals surface area contributed by atoms with E-state index in [-0.39, 0.29) is 0 Å². The van der Waals surface area contributed by atoms with Gasteiger partial charge in [-0.05, 0) is 110 Å². The van der Waals surface area contributed by atoms with E-state index in [1.807, 2.05) is 6.07 Å². The van der Waals surface area contributed by atoms with E-state index in [4.69, 9.17) is 4.98 Å². The number of aryl methyl sites for hydroxylation is 1. The van der Waals surface area contributed by atoms with Gasteiger partial charge in [-0.15, -0.1) is 0 Å². The van der Waals surface area contributed by atoms with E-state index in [1.165, 1.54) is 27.4 Å². The standard InChI is InChI=1S/C44H32N4/c1-31-12-11-15-37(30-31)48-43-21-10-7-18-40(43)45-44(48)32-22-24-34(25-23-32)46(33-13-3-2-4-14-33)35-26-28-36(29-27-35)47-41-19-8-5-16-38(41)39-17-6-9-20-42(39)47/h2-30H,1H3. The number of fused-ring (bicyclic) bond motifs is 4. The van der Waals surface area contributed by atoms with Gasteiger partial charge in [-0.25, -0.2) is 4.98 Å². The molecule has 0 radical (unpaired) electrons. The molecule has 2 aromatic heterocycles. The molecule has 0 spiro atoms. The lowest BCUT2D eigenvalue weighted by Gasteiger charge is -2.26. The molecular formula is C44H32N4. The van der Waals surface area contributed by atoms with Crippen molar-refractivity contribution < 1.29 is 0 Å². The molecule has 9 rings (SSSR count). The highest BCUT2D eigenvalue weighted by molar-refractivity contribution is 6.09. The number of rotatable bonds is 6. The number of nitrogens with zero attached hydrogens (tertiary/aromatic N) is 4. The largest absolute Gasteiger partial charge is 0.311 e. The van der Waals surface area contributed by atoms with Crippen LogP contribution < -0.4 is 4.90 Å². The first-order valence-electron chi connectivity index (χ1n) is 16.3. The lowest BCUT2D eigenvalue weighted by Crippen LogP contribution is -2.10. The van der Waals surface area contributed by atoms with Crippen LogP contribution in [-0.4, -0.2) is 14.1 Å². The molecule has 9 aromatic rings. The van der Waals surface area contributed by atoms with Gasteiger partial charge in [0.1, 0.15) is 5.82 Å². The number of benzene rings is 7. The lowest BCUT2D eigenvalue weighted by molar-refractivity contribution is 1.10. The van der Waals surface area contributed by atoms with Crippen molar-refractivity contribution >= 4 is 49.9 Å². The van der Waals surface area contributed by atoms with E-state index in [0.717, 1.165) is 50.9 Å². The zero-order valence-electron chi connectivity index (χ0n) is 26.5. The molecule has 0 amide bonds. The Kier molecular flexibility index (Phi) is 6.65. The average molecular weight is 617 g/mol. The molecule has 4 heteroatoms. The summed E-state index contributed by atoms with van der Waals surface area (Å²) in [5, 5.41) is 2.53.